The molecule has 0 spiro atoms. The van der Waals surface area contributed by atoms with Gasteiger partial charge in [0.2, 0.25) is 5.91 Å². The third-order valence-corrected chi connectivity index (χ3v) is 5.39. The highest BCUT2D eigenvalue weighted by Gasteiger charge is 2.35. The van der Waals surface area contributed by atoms with Crippen LogP contribution < -0.4 is 0 Å². The van der Waals surface area contributed by atoms with Crippen molar-refractivity contribution in [1.29, 1.82) is 0 Å². The highest BCUT2D eigenvalue weighted by molar-refractivity contribution is 5.79. The molecule has 1 aliphatic heterocycles. The van der Waals surface area contributed by atoms with Gasteiger partial charge in [0.05, 0.1) is 6.26 Å². The van der Waals surface area contributed by atoms with Gasteiger partial charge in [-0.2, -0.15) is 0 Å². The maximum Gasteiger partial charge on any atom is 0.225 e. The van der Waals surface area contributed by atoms with Crippen LogP contribution in [-0.4, -0.2) is 28.5 Å². The van der Waals surface area contributed by atoms with Crippen molar-refractivity contribution < 1.29 is 14.3 Å². The Hall–Kier alpha value is -1.29. The van der Waals surface area contributed by atoms with E-state index in [0.717, 1.165) is 38.1 Å². The Morgan fingerprint density at radius 2 is 2.14 bits per heavy atom. The van der Waals surface area contributed by atoms with Gasteiger partial charge >= 0.3 is 0 Å². The summed E-state index contributed by atoms with van der Waals surface area (Å²) in [5, 5.41) is 10.3. The van der Waals surface area contributed by atoms with Crippen LogP contribution in [0.15, 0.2) is 22.8 Å². The number of carbonyl (C=O) groups excluding carboxylic acids is 1. The largest absolute Gasteiger partial charge is 0.467 e. The predicted octanol–water partition coefficient (Wildman–Crippen LogP) is 3.52. The summed E-state index contributed by atoms with van der Waals surface area (Å²) in [7, 11) is 0. The smallest absolute Gasteiger partial charge is 0.225 e. The van der Waals surface area contributed by atoms with E-state index in [-0.39, 0.29) is 12.0 Å². The minimum atomic E-state index is -0.611. The fourth-order valence-electron chi connectivity index (χ4n) is 3.97. The van der Waals surface area contributed by atoms with Gasteiger partial charge in [-0.1, -0.05) is 6.92 Å². The predicted molar refractivity (Wildman–Crippen MR) is 84.1 cm³/mol. The molecule has 2 atom stereocenters. The summed E-state index contributed by atoms with van der Waals surface area (Å²) in [5.74, 6) is 1.89. The molecule has 1 N–H and O–H groups in total. The maximum absolute atomic E-state index is 12.8. The Morgan fingerprint density at radius 1 is 1.36 bits per heavy atom. The number of rotatable bonds is 4. The van der Waals surface area contributed by atoms with Crippen LogP contribution in [-0.2, 0) is 4.79 Å². The highest BCUT2D eigenvalue weighted by Crippen LogP contribution is 2.33. The fourth-order valence-corrected chi connectivity index (χ4v) is 3.97. The number of hydrogen-bond donors (Lipinski definition) is 1. The molecule has 1 aromatic rings. The zero-order valence-electron chi connectivity index (χ0n) is 13.4. The van der Waals surface area contributed by atoms with Crippen LogP contribution in [0.4, 0.5) is 0 Å². The Balaban J connectivity index is 1.59. The van der Waals surface area contributed by atoms with Gasteiger partial charge in [-0.05, 0) is 56.6 Å². The van der Waals surface area contributed by atoms with Crippen molar-refractivity contribution in [2.45, 2.75) is 64.0 Å². The molecule has 0 aromatic carbocycles. The van der Waals surface area contributed by atoms with Gasteiger partial charge < -0.3 is 14.4 Å². The van der Waals surface area contributed by atoms with Crippen LogP contribution in [0.1, 0.15) is 63.7 Å². The van der Waals surface area contributed by atoms with E-state index in [4.69, 9.17) is 4.42 Å². The Labute approximate surface area is 132 Å². The van der Waals surface area contributed by atoms with Crippen molar-refractivity contribution in [2.75, 3.05) is 6.54 Å². The first-order valence-corrected chi connectivity index (χ1v) is 8.67. The van der Waals surface area contributed by atoms with Crippen molar-refractivity contribution in [3.8, 4) is 0 Å². The van der Waals surface area contributed by atoms with Crippen LogP contribution in [0.2, 0.25) is 0 Å². The van der Waals surface area contributed by atoms with E-state index in [1.807, 2.05) is 4.90 Å². The quantitative estimate of drug-likeness (QED) is 0.926. The van der Waals surface area contributed by atoms with E-state index in [1.165, 1.54) is 12.8 Å². The monoisotopic (exact) mass is 305 g/mol. The Morgan fingerprint density at radius 3 is 2.82 bits per heavy atom. The topological polar surface area (TPSA) is 53.7 Å². The molecular formula is C18H27NO3. The fraction of sp³-hybridized carbons (Fsp3) is 0.722. The highest BCUT2D eigenvalue weighted by atomic mass is 16.4. The molecule has 2 unspecified atom stereocenters. The average molecular weight is 305 g/mol. The molecule has 4 heteroatoms. The lowest BCUT2D eigenvalue weighted by atomic mass is 9.82. The number of amides is 1. The lowest BCUT2D eigenvalue weighted by Gasteiger charge is -2.32. The summed E-state index contributed by atoms with van der Waals surface area (Å²) in [5.41, 5.74) is 0. The van der Waals surface area contributed by atoms with Gasteiger partial charge in [-0.15, -0.1) is 0 Å². The summed E-state index contributed by atoms with van der Waals surface area (Å²) in [4.78, 5) is 14.8. The zero-order chi connectivity index (χ0) is 15.5. The van der Waals surface area contributed by atoms with E-state index < -0.39 is 6.10 Å². The Bertz CT molecular complexity index is 477. The average Bonchev–Trinajstić information content (AvgIpc) is 3.18. The molecule has 22 heavy (non-hydrogen) atoms. The van der Waals surface area contributed by atoms with Crippen LogP contribution in [0.25, 0.3) is 0 Å². The first-order valence-electron chi connectivity index (χ1n) is 8.67. The van der Waals surface area contributed by atoms with Gasteiger partial charge in [0.15, 0.2) is 0 Å². The van der Waals surface area contributed by atoms with Crippen LogP contribution in [0.3, 0.4) is 0 Å². The van der Waals surface area contributed by atoms with Crippen LogP contribution in [0, 0.1) is 11.8 Å². The summed E-state index contributed by atoms with van der Waals surface area (Å²) < 4.78 is 5.28. The first-order chi connectivity index (χ1) is 10.6. The first kappa shape index (κ1) is 15.6. The maximum atomic E-state index is 12.8. The molecule has 4 nitrogen and oxygen atoms in total. The van der Waals surface area contributed by atoms with Crippen molar-refractivity contribution in [3.05, 3.63) is 24.2 Å². The molecule has 3 rings (SSSR count). The second kappa shape index (κ2) is 6.86. The van der Waals surface area contributed by atoms with Gasteiger partial charge in [0.1, 0.15) is 11.9 Å². The minimum absolute atomic E-state index is 0.159. The molecule has 2 heterocycles. The van der Waals surface area contributed by atoms with Crippen molar-refractivity contribution in [3.63, 3.8) is 0 Å². The number of carbonyl (C=O) groups is 1. The number of nitrogens with zero attached hydrogens (tertiary/aromatic N) is 1. The number of aliphatic hydroxyl groups excluding tert-OH is 1. The molecular weight excluding hydrogens is 278 g/mol. The third-order valence-electron chi connectivity index (χ3n) is 5.39. The Kier molecular flexibility index (Phi) is 4.87. The van der Waals surface area contributed by atoms with Crippen LogP contribution in [0.5, 0.6) is 0 Å². The standard InChI is InChI=1S/C18H27NO3/c1-13-6-8-14(9-7-13)18(21)19-10-2-4-15(19)12-16(20)17-5-3-11-22-17/h3,5,11,13-16,20H,2,4,6-10,12H2,1H3. The molecule has 1 saturated heterocycles. The number of likely N-dealkylation sites (tertiary alicyclic amines) is 1. The third kappa shape index (κ3) is 3.37. The van der Waals surface area contributed by atoms with Crippen LogP contribution >= 0.6 is 0 Å². The molecule has 0 radical (unpaired) electrons. The number of aliphatic hydroxyl groups is 1. The van der Waals surface area contributed by atoms with E-state index in [9.17, 15) is 9.90 Å². The number of hydrogen-bond acceptors (Lipinski definition) is 3. The minimum Gasteiger partial charge on any atom is -0.467 e. The van der Waals surface area contributed by atoms with Crippen molar-refractivity contribution in [2.24, 2.45) is 11.8 Å². The molecule has 2 aliphatic rings. The van der Waals surface area contributed by atoms with E-state index in [0.29, 0.717) is 18.1 Å². The van der Waals surface area contributed by atoms with E-state index in [2.05, 4.69) is 6.92 Å². The second-order valence-electron chi connectivity index (χ2n) is 7.05. The van der Waals surface area contributed by atoms with Gasteiger partial charge in [-0.3, -0.25) is 4.79 Å². The lowest BCUT2D eigenvalue weighted by Crippen LogP contribution is -2.41. The second-order valence-corrected chi connectivity index (χ2v) is 7.05. The van der Waals surface area contributed by atoms with E-state index >= 15 is 0 Å². The summed E-state index contributed by atoms with van der Waals surface area (Å²) in [6.07, 6.45) is 8.00. The van der Waals surface area contributed by atoms with Gasteiger partial charge in [-0.25, -0.2) is 0 Å². The molecule has 0 bridgehead atoms. The molecule has 1 amide bonds. The molecule has 1 saturated carbocycles. The molecule has 1 aromatic heterocycles. The van der Waals surface area contributed by atoms with Crippen molar-refractivity contribution in [1.82, 2.24) is 4.90 Å². The zero-order valence-corrected chi connectivity index (χ0v) is 13.4. The summed E-state index contributed by atoms with van der Waals surface area (Å²) >= 11 is 0. The normalized spacial score (nSPS) is 30.5. The SMILES string of the molecule is CC1CCC(C(=O)N2CCCC2CC(O)c2ccco2)CC1. The van der Waals surface area contributed by atoms with E-state index in [1.54, 1.807) is 18.4 Å². The van der Waals surface area contributed by atoms with Gasteiger partial charge in [0.25, 0.3) is 0 Å². The van der Waals surface area contributed by atoms with Gasteiger partial charge in [0, 0.05) is 24.9 Å². The number of furan rings is 1. The molecule has 1 aliphatic carbocycles. The summed E-state index contributed by atoms with van der Waals surface area (Å²) in [6, 6.07) is 3.75. The summed E-state index contributed by atoms with van der Waals surface area (Å²) in [6.45, 7) is 3.12. The lowest BCUT2D eigenvalue weighted by molar-refractivity contribution is -0.138. The molecule has 122 valence electrons. The molecule has 2 fully saturated rings. The van der Waals surface area contributed by atoms with Crippen molar-refractivity contribution >= 4 is 5.91 Å².